The molecule has 26 heavy (non-hydrogen) atoms. The number of nitrogens with zero attached hydrogens (tertiary/aromatic N) is 1. The summed E-state index contributed by atoms with van der Waals surface area (Å²) in [5.74, 6) is 2.28. The highest BCUT2D eigenvalue weighted by Gasteiger charge is 2.38. The Morgan fingerprint density at radius 2 is 1.92 bits per heavy atom. The van der Waals surface area contributed by atoms with E-state index in [0.717, 1.165) is 36.3 Å². The molecule has 2 heterocycles. The van der Waals surface area contributed by atoms with Gasteiger partial charge in [0.2, 0.25) is 0 Å². The highest BCUT2D eigenvalue weighted by molar-refractivity contribution is 5.83. The van der Waals surface area contributed by atoms with Gasteiger partial charge in [0, 0.05) is 13.0 Å². The third kappa shape index (κ3) is 2.87. The Labute approximate surface area is 153 Å². The molecule has 1 amide bonds. The standard InChI is InChI=1S/C21H23NO4/c1-24-18-10-9-14(12-19(18)25-2)16-7-5-11-22(16)21(23)20-13-15-6-3-4-8-17(15)26-20/h3-4,6,8-10,12,16,20H,5,7,11,13H2,1-2H3. The average Bonchev–Trinajstić information content (AvgIpc) is 3.33. The molecule has 1 saturated heterocycles. The first-order valence-electron chi connectivity index (χ1n) is 8.98. The molecule has 0 aliphatic carbocycles. The quantitative estimate of drug-likeness (QED) is 0.846. The van der Waals surface area contributed by atoms with Crippen LogP contribution >= 0.6 is 0 Å². The van der Waals surface area contributed by atoms with E-state index in [2.05, 4.69) is 0 Å². The van der Waals surface area contributed by atoms with E-state index in [4.69, 9.17) is 14.2 Å². The third-order valence-corrected chi connectivity index (χ3v) is 5.25. The van der Waals surface area contributed by atoms with E-state index in [0.29, 0.717) is 17.9 Å². The zero-order chi connectivity index (χ0) is 18.1. The van der Waals surface area contributed by atoms with Crippen molar-refractivity contribution in [1.82, 2.24) is 4.90 Å². The molecule has 2 aromatic carbocycles. The van der Waals surface area contributed by atoms with E-state index < -0.39 is 6.10 Å². The molecule has 0 aromatic heterocycles. The van der Waals surface area contributed by atoms with Crippen LogP contribution in [-0.2, 0) is 11.2 Å². The summed E-state index contributed by atoms with van der Waals surface area (Å²) < 4.78 is 16.7. The Balaban J connectivity index is 1.55. The summed E-state index contributed by atoms with van der Waals surface area (Å²) in [5, 5.41) is 0. The minimum absolute atomic E-state index is 0.0506. The summed E-state index contributed by atoms with van der Waals surface area (Å²) in [4.78, 5) is 15.1. The van der Waals surface area contributed by atoms with Crippen LogP contribution < -0.4 is 14.2 Å². The molecule has 136 valence electrons. The van der Waals surface area contributed by atoms with Gasteiger partial charge in [-0.2, -0.15) is 0 Å². The highest BCUT2D eigenvalue weighted by Crippen LogP contribution is 2.38. The van der Waals surface area contributed by atoms with Crippen molar-refractivity contribution in [2.24, 2.45) is 0 Å². The SMILES string of the molecule is COc1ccc(C2CCCN2C(=O)C2Cc3ccccc3O2)cc1OC. The monoisotopic (exact) mass is 353 g/mol. The first-order chi connectivity index (χ1) is 12.7. The first-order valence-corrected chi connectivity index (χ1v) is 8.98. The smallest absolute Gasteiger partial charge is 0.264 e. The topological polar surface area (TPSA) is 48.0 Å². The molecule has 2 atom stereocenters. The van der Waals surface area contributed by atoms with Gasteiger partial charge in [-0.15, -0.1) is 0 Å². The van der Waals surface area contributed by atoms with Crippen LogP contribution in [0.15, 0.2) is 42.5 Å². The van der Waals surface area contributed by atoms with Crippen LogP contribution in [0.4, 0.5) is 0 Å². The summed E-state index contributed by atoms with van der Waals surface area (Å²) in [6.45, 7) is 0.758. The molecule has 2 aliphatic rings. The Morgan fingerprint density at radius 1 is 1.12 bits per heavy atom. The number of methoxy groups -OCH3 is 2. The molecule has 5 nitrogen and oxygen atoms in total. The molecule has 2 aromatic rings. The molecule has 2 aliphatic heterocycles. The lowest BCUT2D eigenvalue weighted by Gasteiger charge is -2.27. The maximum absolute atomic E-state index is 13.1. The summed E-state index contributed by atoms with van der Waals surface area (Å²) in [6, 6.07) is 13.8. The van der Waals surface area contributed by atoms with E-state index >= 15 is 0 Å². The molecule has 4 rings (SSSR count). The van der Waals surface area contributed by atoms with Gasteiger partial charge in [0.1, 0.15) is 5.75 Å². The second kappa shape index (κ2) is 6.90. The summed E-state index contributed by atoms with van der Waals surface area (Å²) in [6.07, 6.45) is 2.16. The van der Waals surface area contributed by atoms with Crippen molar-refractivity contribution in [3.63, 3.8) is 0 Å². The number of benzene rings is 2. The van der Waals surface area contributed by atoms with Crippen LogP contribution in [0, 0.1) is 0 Å². The number of para-hydroxylation sites is 1. The predicted molar refractivity (Wildman–Crippen MR) is 97.8 cm³/mol. The first kappa shape index (κ1) is 16.8. The molecule has 0 radical (unpaired) electrons. The van der Waals surface area contributed by atoms with Crippen molar-refractivity contribution in [1.29, 1.82) is 0 Å². The van der Waals surface area contributed by atoms with Gasteiger partial charge in [0.15, 0.2) is 17.6 Å². The van der Waals surface area contributed by atoms with E-state index in [9.17, 15) is 4.79 Å². The lowest BCUT2D eigenvalue weighted by molar-refractivity contribution is -0.138. The highest BCUT2D eigenvalue weighted by atomic mass is 16.5. The molecule has 0 spiro atoms. The van der Waals surface area contributed by atoms with Crippen molar-refractivity contribution < 1.29 is 19.0 Å². The minimum atomic E-state index is -0.423. The molecular formula is C21H23NO4. The van der Waals surface area contributed by atoms with Crippen molar-refractivity contribution in [2.75, 3.05) is 20.8 Å². The van der Waals surface area contributed by atoms with Gasteiger partial charge in [-0.25, -0.2) is 0 Å². The van der Waals surface area contributed by atoms with Gasteiger partial charge >= 0.3 is 0 Å². The minimum Gasteiger partial charge on any atom is -0.493 e. The molecule has 2 unspecified atom stereocenters. The number of carbonyl (C=O) groups excluding carboxylic acids is 1. The molecule has 0 bridgehead atoms. The van der Waals surface area contributed by atoms with Crippen LogP contribution in [0.25, 0.3) is 0 Å². The largest absolute Gasteiger partial charge is 0.493 e. The number of hydrogen-bond donors (Lipinski definition) is 0. The number of carbonyl (C=O) groups is 1. The average molecular weight is 353 g/mol. The molecule has 0 saturated carbocycles. The molecule has 5 heteroatoms. The number of amides is 1. The van der Waals surface area contributed by atoms with Crippen LogP contribution in [0.1, 0.15) is 30.0 Å². The fourth-order valence-electron chi connectivity index (χ4n) is 3.94. The number of rotatable bonds is 4. The normalized spacial score (nSPS) is 21.2. The fourth-order valence-corrected chi connectivity index (χ4v) is 3.94. The van der Waals surface area contributed by atoms with Gasteiger partial charge in [-0.3, -0.25) is 4.79 Å². The van der Waals surface area contributed by atoms with Crippen molar-refractivity contribution >= 4 is 5.91 Å². The number of hydrogen-bond acceptors (Lipinski definition) is 4. The zero-order valence-electron chi connectivity index (χ0n) is 15.1. The van der Waals surface area contributed by atoms with Crippen LogP contribution in [0.5, 0.6) is 17.2 Å². The summed E-state index contributed by atoms with van der Waals surface area (Å²) in [5.41, 5.74) is 2.18. The van der Waals surface area contributed by atoms with Crippen LogP contribution in [0.2, 0.25) is 0 Å². The van der Waals surface area contributed by atoms with Crippen LogP contribution in [-0.4, -0.2) is 37.7 Å². The van der Waals surface area contributed by atoms with Crippen molar-refractivity contribution in [3.8, 4) is 17.2 Å². The number of fused-ring (bicyclic) bond motifs is 1. The Kier molecular flexibility index (Phi) is 4.45. The third-order valence-electron chi connectivity index (χ3n) is 5.25. The molecular weight excluding hydrogens is 330 g/mol. The van der Waals surface area contributed by atoms with Gasteiger partial charge < -0.3 is 19.1 Å². The summed E-state index contributed by atoms with van der Waals surface area (Å²) >= 11 is 0. The lowest BCUT2D eigenvalue weighted by atomic mass is 10.0. The van der Waals surface area contributed by atoms with Gasteiger partial charge in [-0.1, -0.05) is 24.3 Å². The van der Waals surface area contributed by atoms with Gasteiger partial charge in [0.25, 0.3) is 5.91 Å². The predicted octanol–water partition coefficient (Wildman–Crippen LogP) is 3.37. The summed E-state index contributed by atoms with van der Waals surface area (Å²) in [7, 11) is 3.25. The van der Waals surface area contributed by atoms with Crippen LogP contribution in [0.3, 0.4) is 0 Å². The van der Waals surface area contributed by atoms with Crippen molar-refractivity contribution in [2.45, 2.75) is 31.4 Å². The van der Waals surface area contributed by atoms with E-state index in [1.54, 1.807) is 14.2 Å². The molecule has 0 N–H and O–H groups in total. The second-order valence-electron chi connectivity index (χ2n) is 6.72. The maximum Gasteiger partial charge on any atom is 0.264 e. The maximum atomic E-state index is 13.1. The lowest BCUT2D eigenvalue weighted by Crippen LogP contribution is -2.40. The number of likely N-dealkylation sites (tertiary alicyclic amines) is 1. The van der Waals surface area contributed by atoms with E-state index in [1.807, 2.05) is 47.4 Å². The van der Waals surface area contributed by atoms with Crippen molar-refractivity contribution in [3.05, 3.63) is 53.6 Å². The number of ether oxygens (including phenoxy) is 3. The Bertz CT molecular complexity index is 794. The van der Waals surface area contributed by atoms with E-state index in [1.165, 1.54) is 0 Å². The second-order valence-corrected chi connectivity index (χ2v) is 6.72. The fraction of sp³-hybridized carbons (Fsp3) is 0.381. The Hall–Kier alpha value is -2.69. The van der Waals surface area contributed by atoms with Gasteiger partial charge in [-0.05, 0) is 42.2 Å². The molecule has 1 fully saturated rings. The van der Waals surface area contributed by atoms with Gasteiger partial charge in [0.05, 0.1) is 20.3 Å². The zero-order valence-corrected chi connectivity index (χ0v) is 15.1. The Morgan fingerprint density at radius 3 is 2.69 bits per heavy atom. The van der Waals surface area contributed by atoms with E-state index in [-0.39, 0.29) is 11.9 Å².